The van der Waals surface area contributed by atoms with Crippen molar-refractivity contribution in [2.75, 3.05) is 0 Å². The van der Waals surface area contributed by atoms with Crippen molar-refractivity contribution in [2.24, 2.45) is 0 Å². The van der Waals surface area contributed by atoms with Crippen molar-refractivity contribution in [3.8, 4) is 0 Å². The topological polar surface area (TPSA) is 48.6 Å². The third-order valence-corrected chi connectivity index (χ3v) is 5.27. The molecule has 0 bridgehead atoms. The van der Waals surface area contributed by atoms with Gasteiger partial charge in [-0.25, -0.2) is 4.79 Å². The summed E-state index contributed by atoms with van der Waals surface area (Å²) in [6.45, 7) is 2.06. The van der Waals surface area contributed by atoms with E-state index in [9.17, 15) is 4.79 Å². The lowest BCUT2D eigenvalue weighted by Crippen LogP contribution is -1.99. The summed E-state index contributed by atoms with van der Waals surface area (Å²) in [6.07, 6.45) is 0. The smallest absolute Gasteiger partial charge is 0.306 e. The van der Waals surface area contributed by atoms with Crippen LogP contribution in [0.15, 0.2) is 33.5 Å². The number of benzene rings is 1. The van der Waals surface area contributed by atoms with Crippen LogP contribution in [-0.2, 0) is 0 Å². The molecule has 19 heavy (non-hydrogen) atoms. The predicted molar refractivity (Wildman–Crippen MR) is 83.4 cm³/mol. The molecular weight excluding hydrogens is 348 g/mol. The number of nitrogens with one attached hydrogen (secondary N) is 2. The van der Waals surface area contributed by atoms with Crippen molar-refractivity contribution < 1.29 is 0 Å². The summed E-state index contributed by atoms with van der Waals surface area (Å²) < 4.78 is 0.890. The number of hydrogen-bond acceptors (Lipinski definition) is 2. The molecule has 98 valence electrons. The van der Waals surface area contributed by atoms with Gasteiger partial charge in [-0.2, -0.15) is 0 Å². The van der Waals surface area contributed by atoms with E-state index in [4.69, 9.17) is 11.6 Å². The van der Waals surface area contributed by atoms with Crippen LogP contribution in [-0.4, -0.2) is 9.97 Å². The quantitative estimate of drug-likeness (QED) is 0.659. The van der Waals surface area contributed by atoms with Gasteiger partial charge in [0.2, 0.25) is 0 Å². The van der Waals surface area contributed by atoms with Crippen LogP contribution in [0.4, 0.5) is 0 Å². The fourth-order valence-corrected chi connectivity index (χ4v) is 3.98. The molecule has 2 N–H and O–H groups in total. The highest BCUT2D eigenvalue weighted by atomic mass is 79.9. The van der Waals surface area contributed by atoms with Crippen molar-refractivity contribution in [3.05, 3.63) is 54.5 Å². The van der Waals surface area contributed by atoms with Gasteiger partial charge < -0.3 is 9.97 Å². The van der Waals surface area contributed by atoms with Gasteiger partial charge in [0, 0.05) is 14.2 Å². The van der Waals surface area contributed by atoms with Gasteiger partial charge in [0.15, 0.2) is 0 Å². The molecule has 1 unspecified atom stereocenters. The molecule has 0 radical (unpaired) electrons. The third kappa shape index (κ3) is 2.38. The first-order chi connectivity index (χ1) is 9.04. The van der Waals surface area contributed by atoms with E-state index in [-0.39, 0.29) is 11.1 Å². The van der Waals surface area contributed by atoms with Crippen LogP contribution in [0.1, 0.15) is 20.7 Å². The van der Waals surface area contributed by atoms with Gasteiger partial charge in [-0.3, -0.25) is 0 Å². The van der Waals surface area contributed by atoms with Gasteiger partial charge in [-0.1, -0.05) is 15.9 Å². The van der Waals surface area contributed by atoms with Crippen LogP contribution in [0.3, 0.4) is 0 Å². The maximum absolute atomic E-state index is 11.3. The number of halogens is 2. The molecule has 0 aliphatic rings. The Balaban J connectivity index is 2.13. The summed E-state index contributed by atoms with van der Waals surface area (Å²) in [5, 5.41) is -0.226. The second kappa shape index (κ2) is 4.81. The first kappa shape index (κ1) is 13.0. The van der Waals surface area contributed by atoms with Crippen LogP contribution in [0.25, 0.3) is 11.0 Å². The Morgan fingerprint density at radius 3 is 2.58 bits per heavy atom. The number of H-pyrrole nitrogens is 2. The molecule has 0 spiro atoms. The number of fused-ring (bicyclic) bond motifs is 1. The SMILES string of the molecule is Cc1ccc(C(Cl)c2cc3[nH]c(=O)[nH]c3cc2Br)s1. The Labute approximate surface area is 126 Å². The highest BCUT2D eigenvalue weighted by molar-refractivity contribution is 9.10. The van der Waals surface area contributed by atoms with E-state index in [0.29, 0.717) is 0 Å². The number of rotatable bonds is 2. The van der Waals surface area contributed by atoms with Crippen molar-refractivity contribution in [1.82, 2.24) is 9.97 Å². The number of alkyl halides is 1. The van der Waals surface area contributed by atoms with E-state index >= 15 is 0 Å². The second-order valence-corrected chi connectivity index (χ2v) is 6.92. The Bertz CT molecular complexity index is 804. The summed E-state index contributed by atoms with van der Waals surface area (Å²) in [6, 6.07) is 7.87. The van der Waals surface area contributed by atoms with E-state index in [0.717, 1.165) is 25.9 Å². The first-order valence-corrected chi connectivity index (χ1v) is 7.71. The second-order valence-electron chi connectivity index (χ2n) is 4.31. The molecule has 3 rings (SSSR count). The van der Waals surface area contributed by atoms with Gasteiger partial charge in [-0.05, 0) is 36.8 Å². The molecule has 0 fully saturated rings. The minimum atomic E-state index is -0.226. The Morgan fingerprint density at radius 2 is 1.95 bits per heavy atom. The standard InChI is InChI=1S/C13H10BrClN2OS/c1-6-2-3-11(19-6)12(15)7-4-9-10(5-8(7)14)17-13(18)16-9/h2-5,12H,1H3,(H2,16,17,18). The normalized spacial score (nSPS) is 13.0. The van der Waals surface area contributed by atoms with E-state index in [1.54, 1.807) is 11.3 Å². The van der Waals surface area contributed by atoms with E-state index in [1.807, 2.05) is 18.2 Å². The van der Waals surface area contributed by atoms with E-state index in [1.165, 1.54) is 4.88 Å². The Hall–Kier alpha value is -1.04. The molecule has 0 aliphatic carbocycles. The molecule has 1 atom stereocenters. The summed E-state index contributed by atoms with van der Waals surface area (Å²) in [5.74, 6) is 0. The minimum Gasteiger partial charge on any atom is -0.306 e. The summed E-state index contributed by atoms with van der Waals surface area (Å²) in [4.78, 5) is 19.1. The van der Waals surface area contributed by atoms with Crippen LogP contribution in [0.5, 0.6) is 0 Å². The van der Waals surface area contributed by atoms with Crippen molar-refractivity contribution >= 4 is 49.9 Å². The fourth-order valence-electron chi connectivity index (χ4n) is 2.01. The van der Waals surface area contributed by atoms with Gasteiger partial charge in [0.25, 0.3) is 0 Å². The molecule has 3 aromatic rings. The minimum absolute atomic E-state index is 0.211. The molecule has 0 saturated carbocycles. The lowest BCUT2D eigenvalue weighted by Gasteiger charge is -2.10. The van der Waals surface area contributed by atoms with Crippen LogP contribution in [0.2, 0.25) is 0 Å². The number of thiophene rings is 1. The zero-order valence-electron chi connectivity index (χ0n) is 9.96. The number of aromatic amines is 2. The van der Waals surface area contributed by atoms with E-state index < -0.39 is 0 Å². The third-order valence-electron chi connectivity index (χ3n) is 2.92. The van der Waals surface area contributed by atoms with Crippen molar-refractivity contribution in [2.45, 2.75) is 12.3 Å². The maximum atomic E-state index is 11.3. The van der Waals surface area contributed by atoms with Crippen molar-refractivity contribution in [3.63, 3.8) is 0 Å². The van der Waals surface area contributed by atoms with Gasteiger partial charge in [0.1, 0.15) is 0 Å². The average Bonchev–Trinajstić information content (AvgIpc) is 2.92. The fraction of sp³-hybridized carbons (Fsp3) is 0.154. The average molecular weight is 358 g/mol. The number of hydrogen-bond donors (Lipinski definition) is 2. The molecule has 0 saturated heterocycles. The molecule has 3 nitrogen and oxygen atoms in total. The lowest BCUT2D eigenvalue weighted by molar-refractivity contribution is 1.17. The Morgan fingerprint density at radius 1 is 1.26 bits per heavy atom. The first-order valence-electron chi connectivity index (χ1n) is 5.66. The number of imidazole rings is 1. The molecule has 0 aliphatic heterocycles. The van der Waals surface area contributed by atoms with Crippen LogP contribution in [0, 0.1) is 6.92 Å². The monoisotopic (exact) mass is 356 g/mol. The highest BCUT2D eigenvalue weighted by Gasteiger charge is 2.17. The summed E-state index contributed by atoms with van der Waals surface area (Å²) in [7, 11) is 0. The summed E-state index contributed by atoms with van der Waals surface area (Å²) >= 11 is 11.7. The van der Waals surface area contributed by atoms with Crippen LogP contribution < -0.4 is 5.69 Å². The molecule has 6 heteroatoms. The summed E-state index contributed by atoms with van der Waals surface area (Å²) in [5.41, 5.74) is 2.28. The zero-order chi connectivity index (χ0) is 13.6. The molecular formula is C13H10BrClN2OS. The molecule has 2 aromatic heterocycles. The molecule has 2 heterocycles. The lowest BCUT2D eigenvalue weighted by atomic mass is 10.1. The largest absolute Gasteiger partial charge is 0.323 e. The highest BCUT2D eigenvalue weighted by Crippen LogP contribution is 2.38. The maximum Gasteiger partial charge on any atom is 0.323 e. The zero-order valence-corrected chi connectivity index (χ0v) is 13.1. The van der Waals surface area contributed by atoms with Crippen LogP contribution >= 0.6 is 38.9 Å². The van der Waals surface area contributed by atoms with Gasteiger partial charge in [-0.15, -0.1) is 22.9 Å². The number of aryl methyl sites for hydroxylation is 1. The van der Waals surface area contributed by atoms with E-state index in [2.05, 4.69) is 38.9 Å². The Kier molecular flexibility index (Phi) is 3.28. The predicted octanol–water partition coefficient (Wildman–Crippen LogP) is 4.32. The van der Waals surface area contributed by atoms with Crippen molar-refractivity contribution in [1.29, 1.82) is 0 Å². The molecule has 1 aromatic carbocycles. The number of aromatic nitrogens is 2. The van der Waals surface area contributed by atoms with Gasteiger partial charge >= 0.3 is 5.69 Å². The van der Waals surface area contributed by atoms with Gasteiger partial charge in [0.05, 0.1) is 16.4 Å². The molecule has 0 amide bonds.